The Kier molecular flexibility index (Phi) is 4.55. The molecule has 0 radical (unpaired) electrons. The van der Waals surface area contributed by atoms with Crippen LogP contribution in [0.1, 0.15) is 5.56 Å². The molecule has 0 atom stereocenters. The first-order valence-electron chi connectivity index (χ1n) is 5.62. The molecule has 1 aromatic heterocycles. The molecule has 1 heterocycles. The van der Waals surface area contributed by atoms with Crippen molar-refractivity contribution in [3.8, 4) is 0 Å². The van der Waals surface area contributed by atoms with E-state index in [1.807, 2.05) is 38.4 Å². The van der Waals surface area contributed by atoms with Crippen molar-refractivity contribution in [1.29, 1.82) is 0 Å². The Labute approximate surface area is 125 Å². The fraction of sp³-hybridized carbons (Fsp3) is 0.250. The fourth-order valence-electron chi connectivity index (χ4n) is 1.45. The van der Waals surface area contributed by atoms with E-state index >= 15 is 0 Å². The van der Waals surface area contributed by atoms with Gasteiger partial charge in [-0.2, -0.15) is 15.0 Å². The number of hydrogen-bond donors (Lipinski definition) is 1. The summed E-state index contributed by atoms with van der Waals surface area (Å²) in [6.07, 6.45) is 0. The molecule has 19 heavy (non-hydrogen) atoms. The topological polar surface area (TPSA) is 53.9 Å². The third kappa shape index (κ3) is 4.04. The second-order valence-corrected chi connectivity index (χ2v) is 5.36. The molecule has 0 unspecified atom stereocenters. The van der Waals surface area contributed by atoms with Gasteiger partial charge in [0.25, 0.3) is 0 Å². The van der Waals surface area contributed by atoms with Crippen LogP contribution in [-0.4, -0.2) is 29.0 Å². The average molecular weight is 343 g/mol. The smallest absolute Gasteiger partial charge is 0.230 e. The highest BCUT2D eigenvalue weighted by Crippen LogP contribution is 2.14. The highest BCUT2D eigenvalue weighted by molar-refractivity contribution is 9.10. The molecule has 5 nitrogen and oxygen atoms in total. The Morgan fingerprint density at radius 1 is 1.26 bits per heavy atom. The molecule has 0 saturated carbocycles. The van der Waals surface area contributed by atoms with E-state index in [0.29, 0.717) is 18.4 Å². The van der Waals surface area contributed by atoms with Gasteiger partial charge in [-0.1, -0.05) is 28.1 Å². The minimum atomic E-state index is 0.176. The molecule has 0 aliphatic heterocycles. The number of nitrogens with zero attached hydrogens (tertiary/aromatic N) is 4. The maximum absolute atomic E-state index is 5.86. The van der Waals surface area contributed by atoms with Crippen LogP contribution in [0.2, 0.25) is 5.28 Å². The van der Waals surface area contributed by atoms with Crippen LogP contribution >= 0.6 is 27.5 Å². The van der Waals surface area contributed by atoms with Crippen LogP contribution in [0.5, 0.6) is 0 Å². The van der Waals surface area contributed by atoms with Gasteiger partial charge >= 0.3 is 0 Å². The van der Waals surface area contributed by atoms with Crippen molar-refractivity contribution in [2.45, 2.75) is 6.54 Å². The molecule has 0 fully saturated rings. The summed E-state index contributed by atoms with van der Waals surface area (Å²) in [6.45, 7) is 0.618. The van der Waals surface area contributed by atoms with Gasteiger partial charge < -0.3 is 10.2 Å². The summed E-state index contributed by atoms with van der Waals surface area (Å²) in [5, 5.41) is 3.31. The Morgan fingerprint density at radius 2 is 2.05 bits per heavy atom. The van der Waals surface area contributed by atoms with Crippen LogP contribution in [0, 0.1) is 0 Å². The van der Waals surface area contributed by atoms with Gasteiger partial charge in [0.1, 0.15) is 0 Å². The van der Waals surface area contributed by atoms with Gasteiger partial charge in [-0.15, -0.1) is 0 Å². The molecule has 0 saturated heterocycles. The molecule has 2 aromatic rings. The van der Waals surface area contributed by atoms with E-state index in [2.05, 4.69) is 36.2 Å². The molecule has 0 aliphatic rings. The van der Waals surface area contributed by atoms with Gasteiger partial charge in [0, 0.05) is 25.1 Å². The number of halogens is 2. The molecule has 1 N–H and O–H groups in total. The summed E-state index contributed by atoms with van der Waals surface area (Å²) in [6, 6.07) is 8.01. The predicted octanol–water partition coefficient (Wildman–Crippen LogP) is 2.97. The molecular weight excluding hydrogens is 330 g/mol. The molecule has 0 amide bonds. The zero-order valence-electron chi connectivity index (χ0n) is 10.6. The number of anilines is 2. The van der Waals surface area contributed by atoms with E-state index < -0.39 is 0 Å². The zero-order chi connectivity index (χ0) is 13.8. The van der Waals surface area contributed by atoms with Crippen LogP contribution in [0.25, 0.3) is 0 Å². The molecule has 0 bridgehead atoms. The van der Waals surface area contributed by atoms with E-state index in [1.165, 1.54) is 0 Å². The largest absolute Gasteiger partial charge is 0.350 e. The maximum Gasteiger partial charge on any atom is 0.230 e. The fourth-order valence-corrected chi connectivity index (χ4v) is 2.05. The first kappa shape index (κ1) is 14.0. The third-order valence-electron chi connectivity index (χ3n) is 2.34. The van der Waals surface area contributed by atoms with Gasteiger partial charge in [0.2, 0.25) is 17.2 Å². The van der Waals surface area contributed by atoms with Crippen LogP contribution < -0.4 is 10.2 Å². The van der Waals surface area contributed by atoms with Crippen LogP contribution in [0.3, 0.4) is 0 Å². The Bertz CT molecular complexity index is 576. The lowest BCUT2D eigenvalue weighted by Crippen LogP contribution is -2.15. The van der Waals surface area contributed by atoms with E-state index in [1.54, 1.807) is 4.90 Å². The molecule has 0 spiro atoms. The minimum Gasteiger partial charge on any atom is -0.350 e. The van der Waals surface area contributed by atoms with E-state index in [4.69, 9.17) is 11.6 Å². The Balaban J connectivity index is 2.11. The van der Waals surface area contributed by atoms with Crippen LogP contribution in [0.4, 0.5) is 11.9 Å². The second kappa shape index (κ2) is 6.16. The highest BCUT2D eigenvalue weighted by Gasteiger charge is 2.06. The summed E-state index contributed by atoms with van der Waals surface area (Å²) in [4.78, 5) is 14.1. The Morgan fingerprint density at radius 3 is 2.74 bits per heavy atom. The summed E-state index contributed by atoms with van der Waals surface area (Å²) in [5.74, 6) is 0.986. The van der Waals surface area contributed by atoms with Crippen molar-refractivity contribution in [2.75, 3.05) is 24.3 Å². The average Bonchev–Trinajstić information content (AvgIpc) is 2.36. The number of rotatable bonds is 4. The SMILES string of the molecule is CN(C)c1nc(Cl)nc(NCc2cccc(Br)c2)n1. The van der Waals surface area contributed by atoms with Gasteiger partial charge in [-0.05, 0) is 29.3 Å². The minimum absolute atomic E-state index is 0.176. The summed E-state index contributed by atoms with van der Waals surface area (Å²) < 4.78 is 1.04. The second-order valence-electron chi connectivity index (χ2n) is 4.11. The normalized spacial score (nSPS) is 10.3. The number of benzene rings is 1. The lowest BCUT2D eigenvalue weighted by molar-refractivity contribution is 0.942. The van der Waals surface area contributed by atoms with E-state index in [-0.39, 0.29) is 5.28 Å². The number of nitrogens with one attached hydrogen (secondary N) is 1. The van der Waals surface area contributed by atoms with Gasteiger partial charge in [0.05, 0.1) is 0 Å². The summed E-state index contributed by atoms with van der Waals surface area (Å²) in [7, 11) is 3.70. The lowest BCUT2D eigenvalue weighted by Gasteiger charge is -2.11. The number of aromatic nitrogens is 3. The Hall–Kier alpha value is -1.40. The van der Waals surface area contributed by atoms with E-state index in [0.717, 1.165) is 10.0 Å². The quantitative estimate of drug-likeness (QED) is 0.926. The number of hydrogen-bond acceptors (Lipinski definition) is 5. The monoisotopic (exact) mass is 341 g/mol. The van der Waals surface area contributed by atoms with Crippen LogP contribution in [-0.2, 0) is 6.54 Å². The molecule has 1 aromatic carbocycles. The highest BCUT2D eigenvalue weighted by atomic mass is 79.9. The standard InChI is InChI=1S/C12H13BrClN5/c1-19(2)12-17-10(14)16-11(18-12)15-7-8-4-3-5-9(13)6-8/h3-6H,7H2,1-2H3,(H,15,16,17,18). The van der Waals surface area contributed by atoms with Crippen molar-refractivity contribution >= 4 is 39.4 Å². The summed E-state index contributed by atoms with van der Waals surface area (Å²) >= 11 is 9.30. The first-order valence-corrected chi connectivity index (χ1v) is 6.79. The van der Waals surface area contributed by atoms with Crippen molar-refractivity contribution in [2.24, 2.45) is 0 Å². The van der Waals surface area contributed by atoms with Gasteiger partial charge in [-0.25, -0.2) is 0 Å². The third-order valence-corrected chi connectivity index (χ3v) is 3.00. The maximum atomic E-state index is 5.86. The van der Waals surface area contributed by atoms with Gasteiger partial charge in [-0.3, -0.25) is 0 Å². The molecule has 0 aliphatic carbocycles. The van der Waals surface area contributed by atoms with Crippen molar-refractivity contribution in [1.82, 2.24) is 15.0 Å². The zero-order valence-corrected chi connectivity index (χ0v) is 12.9. The molecule has 7 heteroatoms. The van der Waals surface area contributed by atoms with Crippen molar-refractivity contribution < 1.29 is 0 Å². The molecule has 100 valence electrons. The van der Waals surface area contributed by atoms with Gasteiger partial charge in [0.15, 0.2) is 0 Å². The van der Waals surface area contributed by atoms with Crippen molar-refractivity contribution in [3.63, 3.8) is 0 Å². The summed E-state index contributed by atoms with van der Waals surface area (Å²) in [5.41, 5.74) is 1.12. The lowest BCUT2D eigenvalue weighted by atomic mass is 10.2. The van der Waals surface area contributed by atoms with E-state index in [9.17, 15) is 0 Å². The first-order chi connectivity index (χ1) is 9.04. The van der Waals surface area contributed by atoms with Crippen molar-refractivity contribution in [3.05, 3.63) is 39.6 Å². The molecular formula is C12H13BrClN5. The predicted molar refractivity (Wildman–Crippen MR) is 80.6 cm³/mol. The molecule has 2 rings (SSSR count). The van der Waals surface area contributed by atoms with Crippen LogP contribution in [0.15, 0.2) is 28.7 Å².